The predicted octanol–water partition coefficient (Wildman–Crippen LogP) is 6.14. The van der Waals surface area contributed by atoms with E-state index >= 15 is 0 Å². The molecule has 1 fully saturated rings. The Balaban J connectivity index is 1.57. The third-order valence-corrected chi connectivity index (χ3v) is 7.13. The van der Waals surface area contributed by atoms with E-state index < -0.39 is 80.3 Å². The molecular weight excluding hydrogens is 580 g/mol. The molecule has 2 amide bonds. The topological polar surface area (TPSA) is 105 Å². The number of aromatic amines is 1. The van der Waals surface area contributed by atoms with Crippen LogP contribution in [0, 0.1) is 5.92 Å². The van der Waals surface area contributed by atoms with Crippen LogP contribution in [0.25, 0.3) is 11.0 Å². The molecule has 3 N–H and O–H groups in total. The molecule has 8 nitrogen and oxygen atoms in total. The molecule has 0 bridgehead atoms. The van der Waals surface area contributed by atoms with E-state index in [9.17, 15) is 44.7 Å². The van der Waals surface area contributed by atoms with Crippen molar-refractivity contribution in [3.8, 4) is 0 Å². The normalized spacial score (nSPS) is 17.6. The van der Waals surface area contributed by atoms with Crippen LogP contribution in [-0.4, -0.2) is 49.8 Å². The van der Waals surface area contributed by atoms with Crippen LogP contribution in [0.4, 0.5) is 35.1 Å². The minimum absolute atomic E-state index is 0.0169. The van der Waals surface area contributed by atoms with Gasteiger partial charge in [0, 0.05) is 25.5 Å². The van der Waals surface area contributed by atoms with E-state index in [2.05, 4.69) is 25.7 Å². The zero-order valence-electron chi connectivity index (χ0n) is 22.3. The lowest BCUT2D eigenvalue weighted by Gasteiger charge is -2.33. The Morgan fingerprint density at radius 1 is 1.07 bits per heavy atom. The van der Waals surface area contributed by atoms with Gasteiger partial charge in [-0.2, -0.15) is 31.4 Å². The first-order chi connectivity index (χ1) is 19.5. The SMILES string of the molecule is C[C@@H](NC(=O)CCC(F)(F)F)c1ccc2nc([C@@H](NC(=O)c3ccnn3CC(F)(F)F)C3CCC(F)(F)CC3)[nH]c2c1. The van der Waals surface area contributed by atoms with Crippen molar-refractivity contribution in [3.63, 3.8) is 0 Å². The number of nitrogens with one attached hydrogen (secondary N) is 3. The fourth-order valence-electron chi connectivity index (χ4n) is 4.96. The molecule has 16 heteroatoms. The van der Waals surface area contributed by atoms with Gasteiger partial charge in [0.1, 0.15) is 18.1 Å². The summed E-state index contributed by atoms with van der Waals surface area (Å²) in [5.74, 6) is -4.88. The van der Waals surface area contributed by atoms with Crippen molar-refractivity contribution in [3.05, 3.63) is 47.5 Å². The molecule has 4 rings (SSSR count). The van der Waals surface area contributed by atoms with E-state index in [1.807, 2.05) is 0 Å². The number of amides is 2. The van der Waals surface area contributed by atoms with Gasteiger partial charge < -0.3 is 15.6 Å². The van der Waals surface area contributed by atoms with Gasteiger partial charge in [-0.3, -0.25) is 14.3 Å². The number of halogens is 8. The third kappa shape index (κ3) is 8.18. The van der Waals surface area contributed by atoms with Crippen molar-refractivity contribution in [2.24, 2.45) is 5.92 Å². The Bertz CT molecular complexity index is 1400. The number of nitrogens with zero attached hydrogens (tertiary/aromatic N) is 3. The molecule has 1 aromatic carbocycles. The molecule has 2 heterocycles. The summed E-state index contributed by atoms with van der Waals surface area (Å²) in [6, 6.07) is 4.28. The molecule has 1 saturated carbocycles. The van der Waals surface area contributed by atoms with Gasteiger partial charge in [-0.25, -0.2) is 13.8 Å². The molecule has 0 saturated heterocycles. The molecule has 42 heavy (non-hydrogen) atoms. The maximum atomic E-state index is 13.9. The molecule has 0 radical (unpaired) electrons. The highest BCUT2D eigenvalue weighted by molar-refractivity contribution is 5.92. The Morgan fingerprint density at radius 2 is 1.76 bits per heavy atom. The summed E-state index contributed by atoms with van der Waals surface area (Å²) in [6.07, 6.45) is -10.9. The number of benzene rings is 1. The molecule has 1 aliphatic rings. The van der Waals surface area contributed by atoms with Gasteiger partial charge in [-0.15, -0.1) is 0 Å². The second-order valence-electron chi connectivity index (χ2n) is 10.4. The quantitative estimate of drug-likeness (QED) is 0.254. The summed E-state index contributed by atoms with van der Waals surface area (Å²) in [5.41, 5.74) is 1.01. The summed E-state index contributed by atoms with van der Waals surface area (Å²) in [7, 11) is 0. The highest BCUT2D eigenvalue weighted by Crippen LogP contribution is 2.41. The molecule has 0 unspecified atom stereocenters. The molecule has 0 spiro atoms. The summed E-state index contributed by atoms with van der Waals surface area (Å²) in [5, 5.41) is 8.72. The van der Waals surface area contributed by atoms with Gasteiger partial charge in [0.05, 0.1) is 29.5 Å². The van der Waals surface area contributed by atoms with Gasteiger partial charge in [0.15, 0.2) is 0 Å². The van der Waals surface area contributed by atoms with Gasteiger partial charge in [-0.05, 0) is 49.4 Å². The monoisotopic (exact) mass is 608 g/mol. The van der Waals surface area contributed by atoms with Crippen LogP contribution in [0.2, 0.25) is 0 Å². The summed E-state index contributed by atoms with van der Waals surface area (Å²) < 4.78 is 105. The Labute approximate surface area is 234 Å². The van der Waals surface area contributed by atoms with E-state index in [1.54, 1.807) is 25.1 Å². The van der Waals surface area contributed by atoms with E-state index in [1.165, 1.54) is 0 Å². The first kappa shape index (κ1) is 31.2. The number of aromatic nitrogens is 4. The number of carbonyl (C=O) groups excluding carboxylic acids is 2. The lowest BCUT2D eigenvalue weighted by Crippen LogP contribution is -2.38. The maximum Gasteiger partial charge on any atom is 0.408 e. The van der Waals surface area contributed by atoms with Crippen molar-refractivity contribution < 1.29 is 44.7 Å². The number of rotatable bonds is 9. The average Bonchev–Trinajstić information content (AvgIpc) is 3.51. The van der Waals surface area contributed by atoms with Gasteiger partial charge in [0.25, 0.3) is 5.91 Å². The first-order valence-corrected chi connectivity index (χ1v) is 13.1. The van der Waals surface area contributed by atoms with Gasteiger partial charge >= 0.3 is 12.4 Å². The van der Waals surface area contributed by atoms with E-state index in [0.29, 0.717) is 21.3 Å². The first-order valence-electron chi connectivity index (χ1n) is 13.1. The highest BCUT2D eigenvalue weighted by atomic mass is 19.4. The fraction of sp³-hybridized carbons (Fsp3) is 0.538. The number of hydrogen-bond acceptors (Lipinski definition) is 4. The number of alkyl halides is 8. The van der Waals surface area contributed by atoms with Crippen LogP contribution >= 0.6 is 0 Å². The summed E-state index contributed by atoms with van der Waals surface area (Å²) in [4.78, 5) is 32.6. The molecule has 2 atom stereocenters. The van der Waals surface area contributed by atoms with Crippen molar-refractivity contribution in [1.29, 1.82) is 0 Å². The molecule has 1 aliphatic carbocycles. The lowest BCUT2D eigenvalue weighted by atomic mass is 9.81. The fourth-order valence-corrected chi connectivity index (χ4v) is 4.96. The van der Waals surface area contributed by atoms with Crippen molar-refractivity contribution in [2.45, 2.75) is 82.4 Å². The zero-order valence-corrected chi connectivity index (χ0v) is 22.3. The van der Waals surface area contributed by atoms with Crippen molar-refractivity contribution >= 4 is 22.8 Å². The van der Waals surface area contributed by atoms with Crippen LogP contribution in [-0.2, 0) is 11.3 Å². The molecule has 230 valence electrons. The number of imidazole rings is 1. The van der Waals surface area contributed by atoms with Crippen LogP contribution in [0.1, 0.15) is 79.4 Å². The number of H-pyrrole nitrogens is 1. The van der Waals surface area contributed by atoms with Crippen molar-refractivity contribution in [2.75, 3.05) is 0 Å². The molecule has 3 aromatic rings. The van der Waals surface area contributed by atoms with Crippen LogP contribution in [0.15, 0.2) is 30.5 Å². The molecular formula is C26H28F8N6O2. The average molecular weight is 609 g/mol. The Morgan fingerprint density at radius 3 is 2.40 bits per heavy atom. The third-order valence-electron chi connectivity index (χ3n) is 7.13. The lowest BCUT2D eigenvalue weighted by molar-refractivity contribution is -0.144. The highest BCUT2D eigenvalue weighted by Gasteiger charge is 2.40. The minimum Gasteiger partial charge on any atom is -0.350 e. The number of hydrogen-bond donors (Lipinski definition) is 3. The number of fused-ring (bicyclic) bond motifs is 1. The summed E-state index contributed by atoms with van der Waals surface area (Å²) >= 11 is 0. The van der Waals surface area contributed by atoms with E-state index in [-0.39, 0.29) is 24.4 Å². The van der Waals surface area contributed by atoms with Crippen LogP contribution in [0.3, 0.4) is 0 Å². The summed E-state index contributed by atoms with van der Waals surface area (Å²) in [6.45, 7) is 0.0840. The van der Waals surface area contributed by atoms with E-state index in [0.717, 1.165) is 12.3 Å². The van der Waals surface area contributed by atoms with Gasteiger partial charge in [0.2, 0.25) is 11.8 Å². The maximum absolute atomic E-state index is 13.9. The van der Waals surface area contributed by atoms with E-state index in [4.69, 9.17) is 0 Å². The minimum atomic E-state index is -4.64. The zero-order chi connectivity index (χ0) is 30.9. The molecule has 0 aliphatic heterocycles. The standard InChI is InChI=1S/C26H28F8N6O2/c1-14(36-20(41)6-10-25(29,30)31)16-2-3-17-18(12-16)38-22(37-17)21(15-4-8-24(27,28)9-5-15)39-23(42)19-7-11-35-40(19)13-26(32,33)34/h2-3,7,11-12,14-15,21H,4-6,8-10,13H2,1H3,(H,36,41)(H,37,38)(H,39,42)/t14-,21+/m1/s1. The Kier molecular flexibility index (Phi) is 8.83. The largest absolute Gasteiger partial charge is 0.408 e. The smallest absolute Gasteiger partial charge is 0.350 e. The van der Waals surface area contributed by atoms with Crippen LogP contribution < -0.4 is 10.6 Å². The predicted molar refractivity (Wildman–Crippen MR) is 133 cm³/mol. The Hall–Kier alpha value is -3.72. The number of carbonyl (C=O) groups is 2. The van der Waals surface area contributed by atoms with Gasteiger partial charge in [-0.1, -0.05) is 6.07 Å². The van der Waals surface area contributed by atoms with Crippen LogP contribution in [0.5, 0.6) is 0 Å². The second-order valence-corrected chi connectivity index (χ2v) is 10.4. The second kappa shape index (κ2) is 11.9. The van der Waals surface area contributed by atoms with Crippen molar-refractivity contribution in [1.82, 2.24) is 30.4 Å². The molecule has 2 aromatic heterocycles.